The maximum absolute atomic E-state index is 10.7. The minimum absolute atomic E-state index is 0.0106. The van der Waals surface area contributed by atoms with Gasteiger partial charge in [0.1, 0.15) is 5.78 Å². The molecule has 4 heteroatoms. The molecule has 0 spiro atoms. The molecule has 0 radical (unpaired) electrons. The summed E-state index contributed by atoms with van der Waals surface area (Å²) < 4.78 is 0. The molecule has 0 saturated heterocycles. The highest BCUT2D eigenvalue weighted by molar-refractivity contribution is 8.13. The van der Waals surface area contributed by atoms with Gasteiger partial charge in [0.2, 0.25) is 0 Å². The molecule has 0 aliphatic rings. The molecule has 0 amide bonds. The van der Waals surface area contributed by atoms with Crippen molar-refractivity contribution in [2.24, 2.45) is 0 Å². The smallest absolute Gasteiger partial charge is 0.136 e. The molecule has 0 aromatic heterocycles. The molecule has 74 valence electrons. The van der Waals surface area contributed by atoms with Gasteiger partial charge in [0, 0.05) is 9.92 Å². The molecule has 1 aromatic rings. The van der Waals surface area contributed by atoms with Crippen LogP contribution in [-0.2, 0) is 4.79 Å². The van der Waals surface area contributed by atoms with Crippen LogP contribution >= 0.6 is 23.4 Å². The zero-order chi connectivity index (χ0) is 10.6. The van der Waals surface area contributed by atoms with E-state index in [0.717, 1.165) is 4.90 Å². The largest absolute Gasteiger partial charge is 0.300 e. The summed E-state index contributed by atoms with van der Waals surface area (Å²) in [5.74, 6) is 0.0106. The molecule has 2 nitrogen and oxygen atoms in total. The van der Waals surface area contributed by atoms with Crippen LogP contribution in [-0.4, -0.2) is 10.8 Å². The third-order valence-corrected chi connectivity index (χ3v) is 2.61. The number of halogens is 1. The van der Waals surface area contributed by atoms with E-state index in [1.54, 1.807) is 12.1 Å². The van der Waals surface area contributed by atoms with Crippen molar-refractivity contribution in [2.45, 2.75) is 18.2 Å². The Kier molecular flexibility index (Phi) is 4.17. The van der Waals surface area contributed by atoms with Crippen LogP contribution in [0.4, 0.5) is 0 Å². The van der Waals surface area contributed by atoms with Crippen molar-refractivity contribution < 1.29 is 4.79 Å². The number of carbonyl (C=O) groups is 1. The topological polar surface area (TPSA) is 40.9 Å². The summed E-state index contributed by atoms with van der Waals surface area (Å²) >= 11 is 7.00. The number of nitrogens with one attached hydrogen (secondary N) is 1. The second-order valence-electron chi connectivity index (χ2n) is 2.86. The van der Waals surface area contributed by atoms with Crippen molar-refractivity contribution in [1.29, 1.82) is 5.41 Å². The number of benzene rings is 1. The molecular formula is C10H10ClNOS. The van der Waals surface area contributed by atoms with Gasteiger partial charge >= 0.3 is 0 Å². The minimum atomic E-state index is 0.0106. The van der Waals surface area contributed by atoms with Gasteiger partial charge in [0.05, 0.1) is 11.5 Å². The van der Waals surface area contributed by atoms with Gasteiger partial charge in [-0.15, -0.1) is 0 Å². The molecule has 0 fully saturated rings. The highest BCUT2D eigenvalue weighted by Crippen LogP contribution is 2.22. The van der Waals surface area contributed by atoms with Crippen molar-refractivity contribution in [1.82, 2.24) is 0 Å². The second-order valence-corrected chi connectivity index (χ2v) is 4.46. The van der Waals surface area contributed by atoms with E-state index in [0.29, 0.717) is 10.1 Å². The summed E-state index contributed by atoms with van der Waals surface area (Å²) in [6, 6.07) is 7.21. The molecule has 0 saturated carbocycles. The van der Waals surface area contributed by atoms with E-state index in [4.69, 9.17) is 17.0 Å². The molecule has 14 heavy (non-hydrogen) atoms. The first-order valence-electron chi connectivity index (χ1n) is 4.08. The molecule has 0 aliphatic heterocycles. The van der Waals surface area contributed by atoms with Crippen LogP contribution in [0.1, 0.15) is 13.3 Å². The van der Waals surface area contributed by atoms with Gasteiger partial charge in [-0.1, -0.05) is 23.4 Å². The van der Waals surface area contributed by atoms with E-state index in [1.807, 2.05) is 12.1 Å². The normalized spacial score (nSPS) is 9.86. The van der Waals surface area contributed by atoms with E-state index in [-0.39, 0.29) is 12.2 Å². The molecule has 1 rings (SSSR count). The number of Topliss-reactive ketones (excluding diaryl/α,β-unsaturated/α-hetero) is 1. The molecular weight excluding hydrogens is 218 g/mol. The fourth-order valence-electron chi connectivity index (χ4n) is 0.907. The first kappa shape index (κ1) is 11.3. The van der Waals surface area contributed by atoms with Gasteiger partial charge < -0.3 is 0 Å². The van der Waals surface area contributed by atoms with Crippen LogP contribution < -0.4 is 0 Å². The first-order valence-corrected chi connectivity index (χ1v) is 5.27. The SMILES string of the molecule is CC(=O)CC(=N)Sc1ccc(Cl)cc1. The Hall–Kier alpha value is -0.800. The van der Waals surface area contributed by atoms with Crippen LogP contribution in [0.5, 0.6) is 0 Å². The van der Waals surface area contributed by atoms with Crippen LogP contribution in [0.25, 0.3) is 0 Å². The Morgan fingerprint density at radius 1 is 1.43 bits per heavy atom. The van der Waals surface area contributed by atoms with E-state index < -0.39 is 0 Å². The lowest BCUT2D eigenvalue weighted by Crippen LogP contribution is -1.98. The van der Waals surface area contributed by atoms with Crippen molar-refractivity contribution in [3.05, 3.63) is 29.3 Å². The van der Waals surface area contributed by atoms with Gasteiger partial charge in [-0.25, -0.2) is 0 Å². The average Bonchev–Trinajstić information content (AvgIpc) is 2.07. The number of hydrogen-bond acceptors (Lipinski definition) is 3. The Morgan fingerprint density at radius 3 is 2.50 bits per heavy atom. The van der Waals surface area contributed by atoms with Gasteiger partial charge in [0.25, 0.3) is 0 Å². The third-order valence-electron chi connectivity index (χ3n) is 1.46. The summed E-state index contributed by atoms with van der Waals surface area (Å²) in [7, 11) is 0. The average molecular weight is 228 g/mol. The predicted octanol–water partition coefficient (Wildman–Crippen LogP) is 3.39. The van der Waals surface area contributed by atoms with Crippen molar-refractivity contribution >= 4 is 34.2 Å². The van der Waals surface area contributed by atoms with Crippen LogP contribution in [0.2, 0.25) is 5.02 Å². The van der Waals surface area contributed by atoms with Crippen LogP contribution in [0.3, 0.4) is 0 Å². The van der Waals surface area contributed by atoms with Crippen LogP contribution in [0, 0.1) is 5.41 Å². The first-order chi connectivity index (χ1) is 6.58. The molecule has 0 heterocycles. The lowest BCUT2D eigenvalue weighted by Gasteiger charge is -2.01. The van der Waals surface area contributed by atoms with Gasteiger partial charge in [-0.2, -0.15) is 0 Å². The van der Waals surface area contributed by atoms with Gasteiger partial charge in [0.15, 0.2) is 0 Å². The highest BCUT2D eigenvalue weighted by atomic mass is 35.5. The summed E-state index contributed by atoms with van der Waals surface area (Å²) in [6.07, 6.45) is 0.202. The number of thioether (sulfide) groups is 1. The maximum Gasteiger partial charge on any atom is 0.136 e. The van der Waals surface area contributed by atoms with Crippen molar-refractivity contribution in [3.8, 4) is 0 Å². The Labute approximate surface area is 92.2 Å². The summed E-state index contributed by atoms with van der Waals surface area (Å²) in [6.45, 7) is 1.48. The predicted molar refractivity (Wildman–Crippen MR) is 60.3 cm³/mol. The van der Waals surface area contributed by atoms with E-state index >= 15 is 0 Å². The summed E-state index contributed by atoms with van der Waals surface area (Å²) in [5, 5.41) is 8.55. The molecule has 0 bridgehead atoms. The maximum atomic E-state index is 10.7. The van der Waals surface area contributed by atoms with Gasteiger partial charge in [-0.05, 0) is 31.2 Å². The number of rotatable bonds is 3. The molecule has 0 atom stereocenters. The number of ketones is 1. The zero-order valence-corrected chi connectivity index (χ0v) is 9.28. The van der Waals surface area contributed by atoms with Crippen LogP contribution in [0.15, 0.2) is 29.2 Å². The lowest BCUT2D eigenvalue weighted by molar-refractivity contribution is -0.115. The third kappa shape index (κ3) is 3.94. The Balaban J connectivity index is 2.56. The Morgan fingerprint density at radius 2 is 2.00 bits per heavy atom. The summed E-state index contributed by atoms with van der Waals surface area (Å²) in [4.78, 5) is 11.7. The standard InChI is InChI=1S/C10H10ClNOS/c1-7(13)6-10(12)14-9-4-2-8(11)3-5-9/h2-5,12H,6H2,1H3. The minimum Gasteiger partial charge on any atom is -0.300 e. The molecule has 0 unspecified atom stereocenters. The highest BCUT2D eigenvalue weighted by Gasteiger charge is 2.03. The molecule has 0 aliphatic carbocycles. The van der Waals surface area contributed by atoms with E-state index in [1.165, 1.54) is 18.7 Å². The van der Waals surface area contributed by atoms with Crippen molar-refractivity contribution in [2.75, 3.05) is 0 Å². The fraction of sp³-hybridized carbons (Fsp3) is 0.200. The quantitative estimate of drug-likeness (QED) is 0.489. The van der Waals surface area contributed by atoms with Gasteiger partial charge in [-0.3, -0.25) is 10.2 Å². The molecule has 1 aromatic carbocycles. The van der Waals surface area contributed by atoms with E-state index in [2.05, 4.69) is 0 Å². The number of hydrogen-bond donors (Lipinski definition) is 1. The van der Waals surface area contributed by atoms with E-state index in [9.17, 15) is 4.79 Å². The fourth-order valence-corrected chi connectivity index (χ4v) is 1.87. The second kappa shape index (κ2) is 5.17. The summed E-state index contributed by atoms with van der Waals surface area (Å²) in [5.41, 5.74) is 0. The molecule has 1 N–H and O–H groups in total. The van der Waals surface area contributed by atoms with Crippen molar-refractivity contribution in [3.63, 3.8) is 0 Å². The lowest BCUT2D eigenvalue weighted by atomic mass is 10.3. The number of carbonyl (C=O) groups excluding carboxylic acids is 1. The Bertz CT molecular complexity index is 348. The zero-order valence-electron chi connectivity index (χ0n) is 7.71. The monoisotopic (exact) mass is 227 g/mol.